The van der Waals surface area contributed by atoms with Crippen LogP contribution in [-0.2, 0) is 6.42 Å². The van der Waals surface area contributed by atoms with Crippen LogP contribution in [0, 0.1) is 10.7 Å². The van der Waals surface area contributed by atoms with Gasteiger partial charge in [-0.15, -0.1) is 0 Å². The average Bonchev–Trinajstić information content (AvgIpc) is 2.51. The number of urea groups is 1. The summed E-state index contributed by atoms with van der Waals surface area (Å²) in [6.45, 7) is 0.565. The zero-order valence-electron chi connectivity index (χ0n) is 11.7. The fourth-order valence-corrected chi connectivity index (χ4v) is 2.45. The molecule has 112 valence electrons. The van der Waals surface area contributed by atoms with Crippen LogP contribution in [-0.4, -0.2) is 12.6 Å². The summed E-state index contributed by atoms with van der Waals surface area (Å²) in [5, 5.41) is 16.1. The van der Waals surface area contributed by atoms with Crippen LogP contribution in [0.2, 0.25) is 0 Å². The molecule has 0 aliphatic rings. The summed E-state index contributed by atoms with van der Waals surface area (Å²) in [4.78, 5) is 12.6. The molecular formula is C16H14BrN3OS. The highest BCUT2D eigenvalue weighted by Crippen LogP contribution is 2.18. The number of amides is 2. The van der Waals surface area contributed by atoms with Crippen molar-refractivity contribution in [2.45, 2.75) is 11.3 Å². The van der Waals surface area contributed by atoms with E-state index in [1.165, 1.54) is 5.56 Å². The number of halogens is 1. The van der Waals surface area contributed by atoms with E-state index in [0.717, 1.165) is 27.6 Å². The first-order chi connectivity index (χ1) is 10.7. The van der Waals surface area contributed by atoms with Crippen molar-refractivity contribution in [3.8, 4) is 5.40 Å². The molecule has 0 saturated heterocycles. The molecule has 2 amide bonds. The minimum atomic E-state index is -0.238. The first-order valence-corrected chi connectivity index (χ1v) is 8.23. The number of thioether (sulfide) groups is 1. The maximum Gasteiger partial charge on any atom is 0.319 e. The van der Waals surface area contributed by atoms with E-state index < -0.39 is 0 Å². The molecule has 0 radical (unpaired) electrons. The third kappa shape index (κ3) is 5.43. The zero-order chi connectivity index (χ0) is 15.8. The van der Waals surface area contributed by atoms with Crippen molar-refractivity contribution in [2.24, 2.45) is 0 Å². The molecule has 0 unspecified atom stereocenters. The predicted molar refractivity (Wildman–Crippen MR) is 92.8 cm³/mol. The fraction of sp³-hybridized carbons (Fsp3) is 0.125. The van der Waals surface area contributed by atoms with E-state index in [1.54, 1.807) is 24.3 Å². The third-order valence-corrected chi connectivity index (χ3v) is 4.02. The molecule has 4 nitrogen and oxygen atoms in total. The molecule has 2 N–H and O–H groups in total. The van der Waals surface area contributed by atoms with Crippen molar-refractivity contribution in [1.29, 1.82) is 5.26 Å². The normalized spacial score (nSPS) is 9.82. The molecule has 0 atom stereocenters. The van der Waals surface area contributed by atoms with Gasteiger partial charge < -0.3 is 10.6 Å². The van der Waals surface area contributed by atoms with Crippen molar-refractivity contribution < 1.29 is 4.79 Å². The van der Waals surface area contributed by atoms with E-state index in [2.05, 4.69) is 26.6 Å². The van der Waals surface area contributed by atoms with Gasteiger partial charge in [0.2, 0.25) is 0 Å². The van der Waals surface area contributed by atoms with Crippen LogP contribution in [0.4, 0.5) is 10.5 Å². The number of anilines is 1. The molecule has 0 spiro atoms. The van der Waals surface area contributed by atoms with E-state index in [0.29, 0.717) is 12.2 Å². The summed E-state index contributed by atoms with van der Waals surface area (Å²) >= 11 is 4.48. The minimum Gasteiger partial charge on any atom is -0.338 e. The molecule has 0 heterocycles. The van der Waals surface area contributed by atoms with Crippen LogP contribution in [0.15, 0.2) is 57.9 Å². The Bertz CT molecular complexity index is 665. The smallest absolute Gasteiger partial charge is 0.319 e. The minimum absolute atomic E-state index is 0.238. The molecule has 2 aromatic carbocycles. The second-order valence-electron chi connectivity index (χ2n) is 4.48. The Morgan fingerprint density at radius 2 is 1.82 bits per heavy atom. The van der Waals surface area contributed by atoms with Crippen molar-refractivity contribution in [1.82, 2.24) is 5.32 Å². The van der Waals surface area contributed by atoms with Gasteiger partial charge >= 0.3 is 6.03 Å². The molecule has 6 heteroatoms. The molecule has 0 bridgehead atoms. The first kappa shape index (κ1) is 16.4. The van der Waals surface area contributed by atoms with Crippen LogP contribution in [0.5, 0.6) is 0 Å². The van der Waals surface area contributed by atoms with Gasteiger partial charge in [0.1, 0.15) is 5.40 Å². The Balaban J connectivity index is 1.75. The number of benzene rings is 2. The molecule has 0 aliphatic heterocycles. The average molecular weight is 376 g/mol. The van der Waals surface area contributed by atoms with Gasteiger partial charge in [0.15, 0.2) is 0 Å². The maximum absolute atomic E-state index is 11.8. The molecule has 0 aliphatic carbocycles. The maximum atomic E-state index is 11.8. The monoisotopic (exact) mass is 375 g/mol. The van der Waals surface area contributed by atoms with Gasteiger partial charge in [-0.05, 0) is 60.1 Å². The van der Waals surface area contributed by atoms with Gasteiger partial charge in [0, 0.05) is 21.6 Å². The van der Waals surface area contributed by atoms with Gasteiger partial charge in [-0.3, -0.25) is 0 Å². The van der Waals surface area contributed by atoms with E-state index in [9.17, 15) is 4.79 Å². The number of nitrogens with zero attached hydrogens (tertiary/aromatic N) is 1. The molecule has 2 aromatic rings. The summed E-state index contributed by atoms with van der Waals surface area (Å²) < 4.78 is 1.04. The van der Waals surface area contributed by atoms with E-state index in [-0.39, 0.29) is 6.03 Å². The molecule has 0 aromatic heterocycles. The summed E-state index contributed by atoms with van der Waals surface area (Å²) in [6.07, 6.45) is 0.776. The Labute approximate surface area is 142 Å². The highest BCUT2D eigenvalue weighted by molar-refractivity contribution is 9.10. The lowest BCUT2D eigenvalue weighted by Gasteiger charge is -2.08. The van der Waals surface area contributed by atoms with Gasteiger partial charge in [-0.1, -0.05) is 28.1 Å². The van der Waals surface area contributed by atoms with E-state index in [4.69, 9.17) is 5.26 Å². The molecule has 0 saturated carbocycles. The van der Waals surface area contributed by atoms with E-state index >= 15 is 0 Å². The highest BCUT2D eigenvalue weighted by Gasteiger charge is 2.02. The Morgan fingerprint density at radius 3 is 2.45 bits per heavy atom. The van der Waals surface area contributed by atoms with E-state index in [1.807, 2.05) is 29.7 Å². The number of nitrogens with one attached hydrogen (secondary N) is 2. The predicted octanol–water partition coefficient (Wildman–Crippen LogP) is 4.39. The number of thiocyanates is 1. The number of carbonyl (C=O) groups excluding carboxylic acids is 1. The number of rotatable bonds is 5. The van der Waals surface area contributed by atoms with Gasteiger partial charge in [0.25, 0.3) is 0 Å². The quantitative estimate of drug-likeness (QED) is 0.601. The molecule has 22 heavy (non-hydrogen) atoms. The second kappa shape index (κ2) is 8.47. The summed E-state index contributed by atoms with van der Waals surface area (Å²) in [7, 11) is 0. The zero-order valence-corrected chi connectivity index (χ0v) is 14.1. The number of hydrogen-bond acceptors (Lipinski definition) is 3. The molecule has 2 rings (SSSR count). The topological polar surface area (TPSA) is 64.9 Å². The highest BCUT2D eigenvalue weighted by atomic mass is 79.9. The van der Waals surface area contributed by atoms with Crippen molar-refractivity contribution in [3.63, 3.8) is 0 Å². The lowest BCUT2D eigenvalue weighted by atomic mass is 10.1. The van der Waals surface area contributed by atoms with Crippen molar-refractivity contribution in [3.05, 3.63) is 58.6 Å². The molecule has 0 fully saturated rings. The summed E-state index contributed by atoms with van der Waals surface area (Å²) in [5.74, 6) is 0. The van der Waals surface area contributed by atoms with Gasteiger partial charge in [-0.2, -0.15) is 5.26 Å². The van der Waals surface area contributed by atoms with Crippen molar-refractivity contribution in [2.75, 3.05) is 11.9 Å². The Hall–Kier alpha value is -1.97. The van der Waals surface area contributed by atoms with Crippen LogP contribution < -0.4 is 10.6 Å². The summed E-state index contributed by atoms with van der Waals surface area (Å²) in [5.41, 5.74) is 1.87. The number of nitriles is 1. The molecular weight excluding hydrogens is 362 g/mol. The standard InChI is InChI=1S/C16H14BrN3OS/c17-13-3-1-12(2-4-13)9-10-19-16(21)20-14-5-7-15(8-6-14)22-11-18/h1-8H,9-10H2,(H2,19,20,21). The SMILES string of the molecule is N#CSc1ccc(NC(=O)NCCc2ccc(Br)cc2)cc1. The van der Waals surface area contributed by atoms with Crippen LogP contribution >= 0.6 is 27.7 Å². The van der Waals surface area contributed by atoms with Crippen LogP contribution in [0.3, 0.4) is 0 Å². The number of carbonyl (C=O) groups is 1. The fourth-order valence-electron chi connectivity index (χ4n) is 1.81. The first-order valence-electron chi connectivity index (χ1n) is 6.62. The third-order valence-electron chi connectivity index (χ3n) is 2.89. The lowest BCUT2D eigenvalue weighted by molar-refractivity contribution is 0.252. The van der Waals surface area contributed by atoms with Gasteiger partial charge in [0.05, 0.1) is 0 Å². The van der Waals surface area contributed by atoms with Crippen molar-refractivity contribution >= 4 is 39.4 Å². The Morgan fingerprint density at radius 1 is 1.14 bits per heavy atom. The second-order valence-corrected chi connectivity index (χ2v) is 6.25. The number of hydrogen-bond donors (Lipinski definition) is 2. The van der Waals surface area contributed by atoms with Crippen LogP contribution in [0.1, 0.15) is 5.56 Å². The largest absolute Gasteiger partial charge is 0.338 e. The van der Waals surface area contributed by atoms with Gasteiger partial charge in [-0.25, -0.2) is 4.79 Å². The summed E-state index contributed by atoms with van der Waals surface area (Å²) in [6, 6.07) is 14.9. The lowest BCUT2D eigenvalue weighted by Crippen LogP contribution is -2.30. The van der Waals surface area contributed by atoms with Crippen LogP contribution in [0.25, 0.3) is 0 Å². The Kier molecular flexibility index (Phi) is 6.31.